The molecule has 0 unspecified atom stereocenters. The lowest BCUT2D eigenvalue weighted by Crippen LogP contribution is -2.57. The van der Waals surface area contributed by atoms with Gasteiger partial charge >= 0.3 is 0 Å². The Bertz CT molecular complexity index is 507. The molecule has 0 bridgehead atoms. The first-order valence-electron chi connectivity index (χ1n) is 8.21. The highest BCUT2D eigenvalue weighted by Gasteiger charge is 2.42. The standard InChI is InChI=1S/C18H26N2O2/c1-3-19-17(22)18(11-7-8-12-18)20-16(21)13-14(2)15-9-5-4-6-10-15/h4-6,9-10,14H,3,7-8,11-13H2,1-2H3,(H,19,22)(H,20,21)/t14-/m0/s1. The lowest BCUT2D eigenvalue weighted by Gasteiger charge is -2.29. The summed E-state index contributed by atoms with van der Waals surface area (Å²) in [7, 11) is 0. The fraction of sp³-hybridized carbons (Fsp3) is 0.556. The number of rotatable bonds is 6. The first kappa shape index (κ1) is 16.5. The molecule has 1 aliphatic rings. The summed E-state index contributed by atoms with van der Waals surface area (Å²) in [5.74, 6) is 0.0756. The van der Waals surface area contributed by atoms with Crippen LogP contribution in [0.15, 0.2) is 30.3 Å². The van der Waals surface area contributed by atoms with Crippen molar-refractivity contribution in [2.75, 3.05) is 6.54 Å². The lowest BCUT2D eigenvalue weighted by molar-refractivity contribution is -0.133. The second-order valence-corrected chi connectivity index (χ2v) is 6.21. The van der Waals surface area contributed by atoms with Crippen molar-refractivity contribution in [3.05, 3.63) is 35.9 Å². The molecule has 1 atom stereocenters. The second-order valence-electron chi connectivity index (χ2n) is 6.21. The summed E-state index contributed by atoms with van der Waals surface area (Å²) in [6.45, 7) is 4.54. The van der Waals surface area contributed by atoms with Gasteiger partial charge in [0.2, 0.25) is 11.8 Å². The van der Waals surface area contributed by atoms with Crippen LogP contribution in [0.3, 0.4) is 0 Å². The van der Waals surface area contributed by atoms with Crippen LogP contribution in [0.4, 0.5) is 0 Å². The normalized spacial score (nSPS) is 17.7. The van der Waals surface area contributed by atoms with Crippen LogP contribution in [0.1, 0.15) is 57.4 Å². The molecule has 1 aliphatic carbocycles. The molecule has 0 heterocycles. The minimum Gasteiger partial charge on any atom is -0.354 e. The van der Waals surface area contributed by atoms with Gasteiger partial charge in [-0.2, -0.15) is 0 Å². The Hall–Kier alpha value is -1.84. The van der Waals surface area contributed by atoms with Crippen molar-refractivity contribution in [3.8, 4) is 0 Å². The molecule has 2 rings (SSSR count). The summed E-state index contributed by atoms with van der Waals surface area (Å²) in [4.78, 5) is 24.7. The molecule has 22 heavy (non-hydrogen) atoms. The van der Waals surface area contributed by atoms with E-state index < -0.39 is 5.54 Å². The third-order valence-corrected chi connectivity index (χ3v) is 4.47. The van der Waals surface area contributed by atoms with Gasteiger partial charge in [0, 0.05) is 13.0 Å². The quantitative estimate of drug-likeness (QED) is 0.849. The maximum absolute atomic E-state index is 12.4. The number of carbonyl (C=O) groups excluding carboxylic acids is 2. The van der Waals surface area contributed by atoms with E-state index in [1.165, 1.54) is 0 Å². The summed E-state index contributed by atoms with van der Waals surface area (Å²) in [6, 6.07) is 10.0. The average Bonchev–Trinajstić information content (AvgIpc) is 2.98. The fourth-order valence-corrected chi connectivity index (χ4v) is 3.21. The molecule has 120 valence electrons. The first-order valence-corrected chi connectivity index (χ1v) is 8.21. The molecule has 4 nitrogen and oxygen atoms in total. The zero-order chi connectivity index (χ0) is 16.0. The van der Waals surface area contributed by atoms with Crippen molar-refractivity contribution >= 4 is 11.8 Å². The Morgan fingerprint density at radius 1 is 1.18 bits per heavy atom. The number of hydrogen-bond donors (Lipinski definition) is 2. The Kier molecular flexibility index (Phi) is 5.58. The molecular formula is C18H26N2O2. The van der Waals surface area contributed by atoms with Crippen molar-refractivity contribution in [2.24, 2.45) is 0 Å². The van der Waals surface area contributed by atoms with E-state index in [9.17, 15) is 9.59 Å². The van der Waals surface area contributed by atoms with Crippen molar-refractivity contribution in [2.45, 2.75) is 57.4 Å². The second kappa shape index (κ2) is 7.43. The lowest BCUT2D eigenvalue weighted by atomic mass is 9.93. The highest BCUT2D eigenvalue weighted by Crippen LogP contribution is 2.30. The summed E-state index contributed by atoms with van der Waals surface area (Å²) < 4.78 is 0. The summed E-state index contributed by atoms with van der Waals surface area (Å²) >= 11 is 0. The zero-order valence-electron chi connectivity index (χ0n) is 13.5. The number of carbonyl (C=O) groups is 2. The van der Waals surface area contributed by atoms with Crippen LogP contribution in [0.25, 0.3) is 0 Å². The third kappa shape index (κ3) is 3.87. The van der Waals surface area contributed by atoms with E-state index in [2.05, 4.69) is 10.6 Å². The van der Waals surface area contributed by atoms with Crippen LogP contribution < -0.4 is 10.6 Å². The van der Waals surface area contributed by atoms with Crippen LogP contribution in [0, 0.1) is 0 Å². The van der Waals surface area contributed by atoms with Crippen LogP contribution in [-0.4, -0.2) is 23.9 Å². The smallest absolute Gasteiger partial charge is 0.245 e. The van der Waals surface area contributed by atoms with Gasteiger partial charge in [-0.1, -0.05) is 50.1 Å². The SMILES string of the molecule is CCNC(=O)C1(NC(=O)C[C@H](C)c2ccccc2)CCCC1. The Morgan fingerprint density at radius 2 is 1.82 bits per heavy atom. The predicted molar refractivity (Wildman–Crippen MR) is 87.5 cm³/mol. The predicted octanol–water partition coefficient (Wildman–Crippen LogP) is 2.75. The van der Waals surface area contributed by atoms with E-state index >= 15 is 0 Å². The number of hydrogen-bond acceptors (Lipinski definition) is 2. The van der Waals surface area contributed by atoms with Gasteiger partial charge in [-0.15, -0.1) is 0 Å². The van der Waals surface area contributed by atoms with Crippen LogP contribution in [-0.2, 0) is 9.59 Å². The Labute approximate surface area is 132 Å². The van der Waals surface area contributed by atoms with Gasteiger partial charge in [0.05, 0.1) is 0 Å². The van der Waals surface area contributed by atoms with Crippen molar-refractivity contribution in [1.82, 2.24) is 10.6 Å². The molecule has 0 radical (unpaired) electrons. The molecule has 1 fully saturated rings. The minimum absolute atomic E-state index is 0.0341. The van der Waals surface area contributed by atoms with E-state index in [-0.39, 0.29) is 17.7 Å². The summed E-state index contributed by atoms with van der Waals surface area (Å²) in [6.07, 6.45) is 3.87. The molecule has 2 amide bonds. The summed E-state index contributed by atoms with van der Waals surface area (Å²) in [5, 5.41) is 5.89. The Morgan fingerprint density at radius 3 is 2.41 bits per heavy atom. The molecule has 1 saturated carbocycles. The van der Waals surface area contributed by atoms with E-state index in [1.54, 1.807) is 0 Å². The molecule has 0 aliphatic heterocycles. The van der Waals surface area contributed by atoms with Crippen molar-refractivity contribution in [3.63, 3.8) is 0 Å². The highest BCUT2D eigenvalue weighted by atomic mass is 16.2. The van der Waals surface area contributed by atoms with Gasteiger partial charge in [0.25, 0.3) is 0 Å². The molecule has 0 aromatic heterocycles. The van der Waals surface area contributed by atoms with E-state index in [4.69, 9.17) is 0 Å². The monoisotopic (exact) mass is 302 g/mol. The fourth-order valence-electron chi connectivity index (χ4n) is 3.21. The van der Waals surface area contributed by atoms with E-state index in [1.807, 2.05) is 44.2 Å². The van der Waals surface area contributed by atoms with Crippen LogP contribution >= 0.6 is 0 Å². The zero-order valence-corrected chi connectivity index (χ0v) is 13.5. The van der Waals surface area contributed by atoms with Crippen molar-refractivity contribution in [1.29, 1.82) is 0 Å². The number of nitrogens with one attached hydrogen (secondary N) is 2. The molecule has 1 aromatic carbocycles. The summed E-state index contributed by atoms with van der Waals surface area (Å²) in [5.41, 5.74) is 0.458. The van der Waals surface area contributed by atoms with E-state index in [0.29, 0.717) is 13.0 Å². The first-order chi connectivity index (χ1) is 10.6. The number of benzene rings is 1. The van der Waals surface area contributed by atoms with Gasteiger partial charge < -0.3 is 10.6 Å². The molecule has 0 saturated heterocycles. The van der Waals surface area contributed by atoms with Gasteiger partial charge in [-0.05, 0) is 31.2 Å². The molecule has 4 heteroatoms. The molecular weight excluding hydrogens is 276 g/mol. The van der Waals surface area contributed by atoms with Crippen LogP contribution in [0.5, 0.6) is 0 Å². The minimum atomic E-state index is -0.691. The average molecular weight is 302 g/mol. The number of likely N-dealkylation sites (N-methyl/N-ethyl adjacent to an activating group) is 1. The van der Waals surface area contributed by atoms with Crippen molar-refractivity contribution < 1.29 is 9.59 Å². The number of amides is 2. The highest BCUT2D eigenvalue weighted by molar-refractivity contribution is 5.91. The maximum Gasteiger partial charge on any atom is 0.245 e. The topological polar surface area (TPSA) is 58.2 Å². The maximum atomic E-state index is 12.4. The van der Waals surface area contributed by atoms with Gasteiger partial charge in [0.1, 0.15) is 5.54 Å². The van der Waals surface area contributed by atoms with Crippen LogP contribution in [0.2, 0.25) is 0 Å². The van der Waals surface area contributed by atoms with E-state index in [0.717, 1.165) is 31.2 Å². The van der Waals surface area contributed by atoms with Gasteiger partial charge in [-0.3, -0.25) is 9.59 Å². The van der Waals surface area contributed by atoms with Gasteiger partial charge in [-0.25, -0.2) is 0 Å². The molecule has 1 aromatic rings. The largest absolute Gasteiger partial charge is 0.354 e. The molecule has 0 spiro atoms. The molecule has 2 N–H and O–H groups in total. The third-order valence-electron chi connectivity index (χ3n) is 4.47. The Balaban J connectivity index is 1.98. The van der Waals surface area contributed by atoms with Gasteiger partial charge in [0.15, 0.2) is 0 Å².